The molecule has 0 saturated carbocycles. The van der Waals surface area contributed by atoms with Crippen molar-refractivity contribution in [2.24, 2.45) is 5.84 Å². The molecule has 1 aromatic heterocycles. The number of nitrogen functional groups attached to an aromatic ring is 1. The van der Waals surface area contributed by atoms with Crippen molar-refractivity contribution in [1.82, 2.24) is 10.3 Å². The van der Waals surface area contributed by atoms with Gasteiger partial charge in [0.15, 0.2) is 0 Å². The molecule has 0 atom stereocenters. The lowest BCUT2D eigenvalue weighted by atomic mass is 10.1. The molecule has 6 heteroatoms. The minimum atomic E-state index is -0.271. The predicted octanol–water partition coefficient (Wildman–Crippen LogP) is 1.48. The number of carbonyl (C=O) groups excluding carboxylic acids is 1. The quantitative estimate of drug-likeness (QED) is 0.570. The van der Waals surface area contributed by atoms with E-state index in [1.165, 1.54) is 18.3 Å². The van der Waals surface area contributed by atoms with Gasteiger partial charge in [-0.1, -0.05) is 12.1 Å². The Morgan fingerprint density at radius 2 is 2.00 bits per heavy atom. The largest absolute Gasteiger partial charge is 0.352 e. The van der Waals surface area contributed by atoms with Crippen molar-refractivity contribution in [3.05, 3.63) is 59.7 Å². The number of hydrogen-bond donors (Lipinski definition) is 3. The Morgan fingerprint density at radius 1 is 1.25 bits per heavy atom. The van der Waals surface area contributed by atoms with Crippen molar-refractivity contribution < 1.29 is 9.18 Å². The standard InChI is InChI=1S/C14H15FN4O/c15-11-3-1-10(2-4-11)5-8-18-14(20)12-9-17-7-6-13(12)19-16/h1-4,6-7,9H,5,8,16H2,(H,17,19)(H,18,20). The van der Waals surface area contributed by atoms with E-state index in [0.29, 0.717) is 24.2 Å². The number of benzene rings is 1. The van der Waals surface area contributed by atoms with Gasteiger partial charge in [0.2, 0.25) is 0 Å². The SMILES string of the molecule is NNc1ccncc1C(=O)NCCc1ccc(F)cc1. The highest BCUT2D eigenvalue weighted by Crippen LogP contribution is 2.11. The maximum Gasteiger partial charge on any atom is 0.255 e. The van der Waals surface area contributed by atoms with Crippen LogP contribution >= 0.6 is 0 Å². The molecule has 104 valence electrons. The Balaban J connectivity index is 1.90. The minimum absolute atomic E-state index is 0.256. The Morgan fingerprint density at radius 3 is 2.70 bits per heavy atom. The van der Waals surface area contributed by atoms with E-state index >= 15 is 0 Å². The van der Waals surface area contributed by atoms with Crippen LogP contribution in [0.25, 0.3) is 0 Å². The van der Waals surface area contributed by atoms with Crippen molar-refractivity contribution in [1.29, 1.82) is 0 Å². The summed E-state index contributed by atoms with van der Waals surface area (Å²) >= 11 is 0. The topological polar surface area (TPSA) is 80.0 Å². The fourth-order valence-electron chi connectivity index (χ4n) is 1.77. The van der Waals surface area contributed by atoms with Crippen LogP contribution in [0.3, 0.4) is 0 Å². The van der Waals surface area contributed by atoms with Crippen molar-refractivity contribution >= 4 is 11.6 Å². The number of amides is 1. The first-order chi connectivity index (χ1) is 9.70. The van der Waals surface area contributed by atoms with Gasteiger partial charge in [0.1, 0.15) is 5.82 Å². The van der Waals surface area contributed by atoms with E-state index in [1.54, 1.807) is 24.4 Å². The normalized spacial score (nSPS) is 10.1. The van der Waals surface area contributed by atoms with E-state index in [4.69, 9.17) is 5.84 Å². The second kappa shape index (κ2) is 6.63. The van der Waals surface area contributed by atoms with Crippen LogP contribution in [0.5, 0.6) is 0 Å². The molecule has 0 unspecified atom stereocenters. The molecule has 0 spiro atoms. The van der Waals surface area contributed by atoms with Crippen molar-refractivity contribution in [3.8, 4) is 0 Å². The molecule has 2 rings (SSSR count). The molecule has 0 aliphatic rings. The van der Waals surface area contributed by atoms with Crippen molar-refractivity contribution in [3.63, 3.8) is 0 Å². The Bertz CT molecular complexity index is 586. The highest BCUT2D eigenvalue weighted by Gasteiger charge is 2.10. The van der Waals surface area contributed by atoms with E-state index in [1.807, 2.05) is 0 Å². The smallest absolute Gasteiger partial charge is 0.255 e. The second-order valence-electron chi connectivity index (χ2n) is 4.20. The summed E-state index contributed by atoms with van der Waals surface area (Å²) in [5.74, 6) is 4.80. The molecule has 0 aliphatic heterocycles. The lowest BCUT2D eigenvalue weighted by Crippen LogP contribution is -2.27. The van der Waals surface area contributed by atoms with Crippen LogP contribution in [0.1, 0.15) is 15.9 Å². The van der Waals surface area contributed by atoms with Gasteiger partial charge in [-0.05, 0) is 30.2 Å². The number of nitrogens with one attached hydrogen (secondary N) is 2. The van der Waals surface area contributed by atoms with Gasteiger partial charge in [0.25, 0.3) is 5.91 Å². The molecule has 0 bridgehead atoms. The van der Waals surface area contributed by atoms with Gasteiger partial charge in [-0.15, -0.1) is 0 Å². The summed E-state index contributed by atoms with van der Waals surface area (Å²) in [5.41, 5.74) is 4.30. The minimum Gasteiger partial charge on any atom is -0.352 e. The molecule has 2 aromatic rings. The van der Waals surface area contributed by atoms with E-state index in [0.717, 1.165) is 5.56 Å². The van der Waals surface area contributed by atoms with E-state index in [9.17, 15) is 9.18 Å². The number of nitrogens with zero attached hydrogens (tertiary/aromatic N) is 1. The van der Waals surface area contributed by atoms with E-state index in [2.05, 4.69) is 15.7 Å². The molecule has 0 aliphatic carbocycles. The third kappa shape index (κ3) is 3.52. The molecule has 4 N–H and O–H groups in total. The van der Waals surface area contributed by atoms with Gasteiger partial charge in [-0.3, -0.25) is 15.6 Å². The molecule has 5 nitrogen and oxygen atoms in total. The van der Waals surface area contributed by atoms with Gasteiger partial charge in [0, 0.05) is 18.9 Å². The number of hydrogen-bond acceptors (Lipinski definition) is 4. The Kier molecular flexibility index (Phi) is 4.62. The summed E-state index contributed by atoms with van der Waals surface area (Å²) in [6, 6.07) is 7.80. The molecule has 0 fully saturated rings. The summed E-state index contributed by atoms with van der Waals surface area (Å²) < 4.78 is 12.7. The lowest BCUT2D eigenvalue weighted by molar-refractivity contribution is 0.0954. The summed E-state index contributed by atoms with van der Waals surface area (Å²) in [6.07, 6.45) is 3.62. The first-order valence-corrected chi connectivity index (χ1v) is 6.14. The van der Waals surface area contributed by atoms with Crippen LogP contribution in [-0.4, -0.2) is 17.4 Å². The molecule has 0 radical (unpaired) electrons. The molecule has 20 heavy (non-hydrogen) atoms. The molecule has 1 aromatic carbocycles. The number of carbonyl (C=O) groups is 1. The lowest BCUT2D eigenvalue weighted by Gasteiger charge is -2.09. The van der Waals surface area contributed by atoms with Crippen LogP contribution in [-0.2, 0) is 6.42 Å². The molecular formula is C14H15FN4O. The maximum atomic E-state index is 12.7. The maximum absolute atomic E-state index is 12.7. The Hall–Kier alpha value is -2.47. The fraction of sp³-hybridized carbons (Fsp3) is 0.143. The third-order valence-electron chi connectivity index (χ3n) is 2.83. The summed E-state index contributed by atoms with van der Waals surface area (Å²) in [7, 11) is 0. The number of hydrazine groups is 1. The van der Waals surface area contributed by atoms with Gasteiger partial charge in [-0.2, -0.15) is 0 Å². The number of nitrogens with two attached hydrogens (primary N) is 1. The zero-order chi connectivity index (χ0) is 14.4. The summed E-state index contributed by atoms with van der Waals surface area (Å²) in [6.45, 7) is 0.448. The molecular weight excluding hydrogens is 259 g/mol. The first-order valence-electron chi connectivity index (χ1n) is 6.14. The van der Waals surface area contributed by atoms with Gasteiger partial charge >= 0.3 is 0 Å². The van der Waals surface area contributed by atoms with Gasteiger partial charge in [0.05, 0.1) is 11.3 Å². The van der Waals surface area contributed by atoms with Gasteiger partial charge < -0.3 is 10.7 Å². The van der Waals surface area contributed by atoms with E-state index < -0.39 is 0 Å². The predicted molar refractivity (Wildman–Crippen MR) is 74.5 cm³/mol. The van der Waals surface area contributed by atoms with Crippen LogP contribution in [0.15, 0.2) is 42.7 Å². The average molecular weight is 274 g/mol. The summed E-state index contributed by atoms with van der Waals surface area (Å²) in [5, 5.41) is 2.77. The van der Waals surface area contributed by atoms with Crippen LogP contribution in [0.4, 0.5) is 10.1 Å². The van der Waals surface area contributed by atoms with Crippen LogP contribution in [0, 0.1) is 5.82 Å². The zero-order valence-corrected chi connectivity index (χ0v) is 10.8. The number of halogens is 1. The average Bonchev–Trinajstić information content (AvgIpc) is 2.49. The number of anilines is 1. The van der Waals surface area contributed by atoms with Gasteiger partial charge in [-0.25, -0.2) is 4.39 Å². The monoisotopic (exact) mass is 274 g/mol. The first kappa shape index (κ1) is 14.0. The Labute approximate surface area is 116 Å². The molecule has 1 amide bonds. The summed E-state index contributed by atoms with van der Waals surface area (Å²) in [4.78, 5) is 15.9. The number of rotatable bonds is 5. The molecule has 1 heterocycles. The highest BCUT2D eigenvalue weighted by molar-refractivity contribution is 5.99. The van der Waals surface area contributed by atoms with E-state index in [-0.39, 0.29) is 11.7 Å². The zero-order valence-electron chi connectivity index (χ0n) is 10.8. The molecule has 0 saturated heterocycles. The number of aromatic nitrogens is 1. The van der Waals surface area contributed by atoms with Crippen LogP contribution in [0.2, 0.25) is 0 Å². The highest BCUT2D eigenvalue weighted by atomic mass is 19.1. The fourth-order valence-corrected chi connectivity index (χ4v) is 1.77. The second-order valence-corrected chi connectivity index (χ2v) is 4.20. The van der Waals surface area contributed by atoms with Crippen LogP contribution < -0.4 is 16.6 Å². The third-order valence-corrected chi connectivity index (χ3v) is 2.83. The van der Waals surface area contributed by atoms with Crippen molar-refractivity contribution in [2.75, 3.05) is 12.0 Å². The van der Waals surface area contributed by atoms with Crippen molar-refractivity contribution in [2.45, 2.75) is 6.42 Å². The number of pyridine rings is 1.